The second-order valence-corrected chi connectivity index (χ2v) is 10.4. The molecule has 1 unspecified atom stereocenters. The maximum Gasteiger partial charge on any atom is 0.227 e. The molecule has 0 radical (unpaired) electrons. The van der Waals surface area contributed by atoms with Gasteiger partial charge in [0, 0.05) is 17.1 Å². The topological polar surface area (TPSA) is 50.5 Å². The monoisotopic (exact) mass is 529 g/mol. The molecule has 0 bridgehead atoms. The molecule has 0 amide bonds. The van der Waals surface area contributed by atoms with Crippen molar-refractivity contribution in [2.24, 2.45) is 0 Å². The molecule has 0 saturated carbocycles. The number of pyridine rings is 1. The van der Waals surface area contributed by atoms with Crippen molar-refractivity contribution in [2.75, 3.05) is 4.90 Å². The van der Waals surface area contributed by atoms with Crippen LogP contribution in [-0.2, 0) is 0 Å². The molecule has 0 spiro atoms. The van der Waals surface area contributed by atoms with E-state index >= 15 is 0 Å². The average Bonchev–Trinajstić information content (AvgIpc) is 3.60. The van der Waals surface area contributed by atoms with Gasteiger partial charge >= 0.3 is 0 Å². The number of furan rings is 1. The van der Waals surface area contributed by atoms with Gasteiger partial charge in [0.05, 0.1) is 22.1 Å². The minimum Gasteiger partial charge on any atom is -0.459 e. The highest BCUT2D eigenvalue weighted by molar-refractivity contribution is 6.17. The van der Waals surface area contributed by atoms with Gasteiger partial charge in [0.15, 0.2) is 0 Å². The summed E-state index contributed by atoms with van der Waals surface area (Å²) in [7, 11) is 0. The number of aromatic nitrogens is 1. The fourth-order valence-electron chi connectivity index (χ4n) is 6.36. The van der Waals surface area contributed by atoms with Crippen molar-refractivity contribution in [3.05, 3.63) is 145 Å². The lowest BCUT2D eigenvalue weighted by atomic mass is 9.98. The Hall–Kier alpha value is -5.55. The maximum absolute atomic E-state index is 6.23. The molecule has 194 valence electrons. The molecule has 1 atom stereocenters. The summed E-state index contributed by atoms with van der Waals surface area (Å²) in [5.41, 5.74) is 4.65. The molecule has 0 saturated heterocycles. The minimum absolute atomic E-state index is 0.0811. The number of fused-ring (bicyclic) bond motifs is 9. The van der Waals surface area contributed by atoms with E-state index in [0.717, 1.165) is 56.0 Å². The minimum atomic E-state index is -0.0811. The summed E-state index contributed by atoms with van der Waals surface area (Å²) in [6.45, 7) is 0. The molecule has 2 aromatic heterocycles. The van der Waals surface area contributed by atoms with Gasteiger partial charge in [-0.15, -0.1) is 0 Å². The van der Waals surface area contributed by atoms with Gasteiger partial charge in [-0.3, -0.25) is 4.90 Å². The number of dihydropyridines is 1. The first-order valence-electron chi connectivity index (χ1n) is 13.8. The number of anilines is 2. The Balaban J connectivity index is 1.35. The first kappa shape index (κ1) is 22.3. The summed E-state index contributed by atoms with van der Waals surface area (Å²) in [6.07, 6.45) is 5.97. The van der Waals surface area contributed by atoms with Crippen molar-refractivity contribution in [2.45, 2.75) is 6.04 Å². The fourth-order valence-corrected chi connectivity index (χ4v) is 6.36. The average molecular weight is 530 g/mol. The molecule has 2 aliphatic heterocycles. The van der Waals surface area contributed by atoms with Crippen molar-refractivity contribution in [1.82, 2.24) is 10.3 Å². The van der Waals surface area contributed by atoms with E-state index in [9.17, 15) is 0 Å². The molecule has 2 aliphatic rings. The third kappa shape index (κ3) is 3.26. The predicted molar refractivity (Wildman–Crippen MR) is 164 cm³/mol. The van der Waals surface area contributed by atoms with Gasteiger partial charge < -0.3 is 14.5 Å². The summed E-state index contributed by atoms with van der Waals surface area (Å²) in [5.74, 6) is 2.74. The normalized spacial score (nSPS) is 15.8. The molecular formula is C36H23N3O2. The van der Waals surface area contributed by atoms with Crippen LogP contribution in [0.15, 0.2) is 144 Å². The van der Waals surface area contributed by atoms with Crippen LogP contribution in [0.5, 0.6) is 5.75 Å². The van der Waals surface area contributed by atoms with Crippen LogP contribution in [0, 0.1) is 0 Å². The second-order valence-electron chi connectivity index (χ2n) is 10.4. The number of nitrogens with one attached hydrogen (secondary N) is 1. The Kier molecular flexibility index (Phi) is 4.61. The zero-order valence-electron chi connectivity index (χ0n) is 21.9. The summed E-state index contributed by atoms with van der Waals surface area (Å²) in [4.78, 5) is 6.85. The lowest BCUT2D eigenvalue weighted by Gasteiger charge is -2.33. The van der Waals surface area contributed by atoms with Crippen molar-refractivity contribution in [3.63, 3.8) is 0 Å². The number of nitrogens with zero attached hydrogens (tertiary/aromatic N) is 2. The highest BCUT2D eigenvalue weighted by atomic mass is 16.5. The van der Waals surface area contributed by atoms with Crippen LogP contribution in [-0.4, -0.2) is 4.98 Å². The van der Waals surface area contributed by atoms with E-state index in [1.807, 2.05) is 24.3 Å². The molecule has 41 heavy (non-hydrogen) atoms. The number of hydrogen-bond acceptors (Lipinski definition) is 5. The van der Waals surface area contributed by atoms with Crippen LogP contribution in [0.4, 0.5) is 11.4 Å². The predicted octanol–water partition coefficient (Wildman–Crippen LogP) is 8.89. The van der Waals surface area contributed by atoms with Crippen LogP contribution < -0.4 is 15.0 Å². The molecule has 5 aromatic carbocycles. The standard InChI is InChI=1S/C36H23N3O2/c1-2-10-23-22(9-1)21-29(25-12-4-3-11-24(23)25)39(28-15-7-17-31-34(28)27-14-8-20-37-36(27)41-31)33-19-18-32-35(38-33)26-13-5-6-16-30(26)40-32/h1-21,35,38H. The number of rotatable bonds is 3. The van der Waals surface area contributed by atoms with Crippen molar-refractivity contribution >= 4 is 55.0 Å². The number of benzene rings is 5. The second kappa shape index (κ2) is 8.47. The molecular weight excluding hydrogens is 506 g/mol. The number of allylic oxidation sites excluding steroid dienone is 2. The SMILES string of the molecule is C1=C2Oc3ccccc3C2NC(N(c2cc3ccccc3c3ccccc23)c2cccc3oc4ncccc4c23)=C1. The highest BCUT2D eigenvalue weighted by Gasteiger charge is 2.34. The van der Waals surface area contributed by atoms with E-state index in [1.54, 1.807) is 6.20 Å². The zero-order chi connectivity index (χ0) is 26.9. The molecule has 0 aliphatic carbocycles. The van der Waals surface area contributed by atoms with Crippen molar-refractivity contribution in [1.29, 1.82) is 0 Å². The van der Waals surface area contributed by atoms with Gasteiger partial charge in [0.1, 0.15) is 29.0 Å². The first-order valence-corrected chi connectivity index (χ1v) is 13.8. The number of para-hydroxylation sites is 1. The van der Waals surface area contributed by atoms with Crippen LogP contribution in [0.2, 0.25) is 0 Å². The Morgan fingerprint density at radius 3 is 2.44 bits per heavy atom. The van der Waals surface area contributed by atoms with Crippen LogP contribution in [0.3, 0.4) is 0 Å². The van der Waals surface area contributed by atoms with Crippen LogP contribution in [0.1, 0.15) is 11.6 Å². The third-order valence-corrected chi connectivity index (χ3v) is 8.16. The van der Waals surface area contributed by atoms with E-state index in [0.29, 0.717) is 5.71 Å². The maximum atomic E-state index is 6.23. The zero-order valence-corrected chi connectivity index (χ0v) is 21.9. The number of hydrogen-bond donors (Lipinski definition) is 1. The number of ether oxygens (including phenoxy) is 1. The Morgan fingerprint density at radius 1 is 0.683 bits per heavy atom. The van der Waals surface area contributed by atoms with E-state index in [4.69, 9.17) is 9.15 Å². The smallest absolute Gasteiger partial charge is 0.227 e. The largest absolute Gasteiger partial charge is 0.459 e. The van der Waals surface area contributed by atoms with Gasteiger partial charge in [0.25, 0.3) is 0 Å². The quantitative estimate of drug-likeness (QED) is 0.232. The van der Waals surface area contributed by atoms with Gasteiger partial charge in [-0.05, 0) is 64.7 Å². The summed E-state index contributed by atoms with van der Waals surface area (Å²) in [6, 6.07) is 37.9. The molecule has 1 N–H and O–H groups in total. The van der Waals surface area contributed by atoms with Crippen molar-refractivity contribution in [3.8, 4) is 5.75 Å². The fraction of sp³-hybridized carbons (Fsp3) is 0.0278. The van der Waals surface area contributed by atoms with Crippen molar-refractivity contribution < 1.29 is 9.15 Å². The molecule has 5 heteroatoms. The van der Waals surface area contributed by atoms with Gasteiger partial charge in [-0.25, -0.2) is 4.98 Å². The lowest BCUT2D eigenvalue weighted by molar-refractivity contribution is 0.411. The molecule has 7 aromatic rings. The summed E-state index contributed by atoms with van der Waals surface area (Å²) >= 11 is 0. The van der Waals surface area contributed by atoms with E-state index in [1.165, 1.54) is 16.2 Å². The van der Waals surface area contributed by atoms with Gasteiger partial charge in [-0.1, -0.05) is 72.8 Å². The van der Waals surface area contributed by atoms with E-state index in [-0.39, 0.29) is 6.04 Å². The summed E-state index contributed by atoms with van der Waals surface area (Å²) in [5, 5.41) is 10.6. The molecule has 5 nitrogen and oxygen atoms in total. The third-order valence-electron chi connectivity index (χ3n) is 8.16. The van der Waals surface area contributed by atoms with Crippen LogP contribution in [0.25, 0.3) is 43.6 Å². The van der Waals surface area contributed by atoms with Gasteiger partial charge in [0.2, 0.25) is 5.71 Å². The van der Waals surface area contributed by atoms with E-state index < -0.39 is 0 Å². The Labute approximate surface area is 235 Å². The van der Waals surface area contributed by atoms with Gasteiger partial charge in [-0.2, -0.15) is 0 Å². The first-order chi connectivity index (χ1) is 20.3. The summed E-state index contributed by atoms with van der Waals surface area (Å²) < 4.78 is 12.4. The molecule has 9 rings (SSSR count). The lowest BCUT2D eigenvalue weighted by Crippen LogP contribution is -2.33. The van der Waals surface area contributed by atoms with Crippen LogP contribution >= 0.6 is 0 Å². The Bertz CT molecular complexity index is 2240. The molecule has 0 fully saturated rings. The Morgan fingerprint density at radius 2 is 1.49 bits per heavy atom. The highest BCUT2D eigenvalue weighted by Crippen LogP contribution is 2.46. The molecule has 4 heterocycles. The van der Waals surface area contributed by atoms with E-state index in [2.05, 4.69) is 112 Å².